The zero-order valence-electron chi connectivity index (χ0n) is 34.1. The molecule has 0 saturated carbocycles. The molecular weight excluding hydrogens is 773 g/mol. The molecule has 0 amide bonds. The lowest BCUT2D eigenvalue weighted by Gasteiger charge is -2.39. The minimum atomic E-state index is -0.882. The molecule has 0 bridgehead atoms. The van der Waals surface area contributed by atoms with E-state index < -0.39 is 17.2 Å². The Labute approximate surface area is 349 Å². The number of methoxy groups -OCH3 is 3. The first-order chi connectivity index (χ1) is 29.3. The van der Waals surface area contributed by atoms with Gasteiger partial charge in [-0.15, -0.1) is 10.1 Å². The third-order valence-corrected chi connectivity index (χ3v) is 10.1. The number of benzene rings is 5. The summed E-state index contributed by atoms with van der Waals surface area (Å²) in [7, 11) is 4.84. The van der Waals surface area contributed by atoms with Crippen molar-refractivity contribution < 1.29 is 52.6 Å². The van der Waals surface area contributed by atoms with Crippen LogP contribution in [0.4, 0.5) is 0 Å². The van der Waals surface area contributed by atoms with Crippen LogP contribution in [-0.2, 0) is 48.3 Å². The Balaban J connectivity index is 1.12. The largest absolute Gasteiger partial charge is 0.496 e. The average Bonchev–Trinajstić information content (AvgIpc) is 3.28. The summed E-state index contributed by atoms with van der Waals surface area (Å²) < 4.78 is 47.6. The maximum absolute atomic E-state index is 13.2. The molecule has 60 heavy (non-hydrogen) atoms. The van der Waals surface area contributed by atoms with Gasteiger partial charge in [-0.3, -0.25) is 0 Å². The van der Waals surface area contributed by atoms with Crippen molar-refractivity contribution in [3.05, 3.63) is 147 Å². The van der Waals surface area contributed by atoms with Crippen LogP contribution in [0.15, 0.2) is 109 Å². The summed E-state index contributed by atoms with van der Waals surface area (Å²) in [6.45, 7) is 2.76. The van der Waals surface area contributed by atoms with E-state index in [9.17, 15) is 14.9 Å². The van der Waals surface area contributed by atoms with Crippen LogP contribution in [0.2, 0.25) is 0 Å². The molecule has 4 atom stereocenters. The number of nitrogens with zero attached hydrogens (tertiary/aromatic N) is 1. The number of rotatable bonds is 23. The van der Waals surface area contributed by atoms with Crippen molar-refractivity contribution in [1.82, 2.24) is 5.32 Å². The number of ether oxygens (including phenoxy) is 8. The molecule has 1 fully saturated rings. The highest BCUT2D eigenvalue weighted by Gasteiger charge is 2.37. The van der Waals surface area contributed by atoms with Gasteiger partial charge >= 0.3 is 5.97 Å². The molecule has 5 aromatic carbocycles. The minimum Gasteiger partial charge on any atom is -0.496 e. The predicted octanol–water partition coefficient (Wildman–Crippen LogP) is 7.08. The molecule has 1 aliphatic heterocycles. The van der Waals surface area contributed by atoms with Gasteiger partial charge in [0.1, 0.15) is 30.0 Å². The van der Waals surface area contributed by atoms with Gasteiger partial charge in [-0.05, 0) is 64.5 Å². The normalized spacial score (nSPS) is 16.8. The third-order valence-electron chi connectivity index (χ3n) is 10.1. The predicted molar refractivity (Wildman–Crippen MR) is 223 cm³/mol. The highest BCUT2D eigenvalue weighted by atomic mass is 16.9. The summed E-state index contributed by atoms with van der Waals surface area (Å²) in [6, 6.07) is 34.3. The van der Waals surface area contributed by atoms with Crippen LogP contribution in [0.5, 0.6) is 17.2 Å². The summed E-state index contributed by atoms with van der Waals surface area (Å²) in [5.41, 5.74) is 3.65. The molecule has 1 N–H and O–H groups in total. The fourth-order valence-corrected chi connectivity index (χ4v) is 7.22. The minimum absolute atomic E-state index is 0.0431. The summed E-state index contributed by atoms with van der Waals surface area (Å²) in [4.78, 5) is 28.4. The molecule has 14 heteroatoms. The fraction of sp³-hybridized carbons (Fsp3) is 0.370. The summed E-state index contributed by atoms with van der Waals surface area (Å²) in [6.07, 6.45) is -0.697. The van der Waals surface area contributed by atoms with Gasteiger partial charge in [0.15, 0.2) is 0 Å². The summed E-state index contributed by atoms with van der Waals surface area (Å²) in [5.74, 6) is 1.49. The molecule has 4 unspecified atom stereocenters. The number of para-hydroxylation sites is 1. The second kappa shape index (κ2) is 22.6. The first-order valence-electron chi connectivity index (χ1n) is 19.8. The maximum atomic E-state index is 13.2. The van der Waals surface area contributed by atoms with Crippen LogP contribution < -0.4 is 19.5 Å². The first-order valence-corrected chi connectivity index (χ1v) is 19.8. The molecule has 0 aromatic heterocycles. The Morgan fingerprint density at radius 3 is 2.32 bits per heavy atom. The average molecular weight is 825 g/mol. The molecule has 14 nitrogen and oxygen atoms in total. The number of hydrogen-bond donors (Lipinski definition) is 1. The van der Waals surface area contributed by atoms with Gasteiger partial charge in [0, 0.05) is 43.5 Å². The van der Waals surface area contributed by atoms with Gasteiger partial charge in [0.05, 0.1) is 71.6 Å². The van der Waals surface area contributed by atoms with E-state index in [1.165, 1.54) is 13.2 Å². The molecule has 318 valence electrons. The lowest BCUT2D eigenvalue weighted by atomic mass is 9.85. The monoisotopic (exact) mass is 824 g/mol. The Morgan fingerprint density at radius 1 is 0.767 bits per heavy atom. The van der Waals surface area contributed by atoms with E-state index in [0.717, 1.165) is 44.7 Å². The topological polar surface area (TPSA) is 155 Å². The van der Waals surface area contributed by atoms with Crippen molar-refractivity contribution in [2.24, 2.45) is 0 Å². The van der Waals surface area contributed by atoms with E-state index in [-0.39, 0.29) is 43.5 Å². The van der Waals surface area contributed by atoms with Crippen molar-refractivity contribution in [3.63, 3.8) is 0 Å². The highest BCUT2D eigenvalue weighted by Crippen LogP contribution is 2.34. The summed E-state index contributed by atoms with van der Waals surface area (Å²) in [5, 5.41) is 15.4. The Bertz CT molecular complexity index is 2130. The second-order valence-electron chi connectivity index (χ2n) is 14.2. The molecule has 1 aliphatic rings. The Morgan fingerprint density at radius 2 is 1.53 bits per heavy atom. The molecule has 1 heterocycles. The van der Waals surface area contributed by atoms with Crippen molar-refractivity contribution in [2.45, 2.75) is 50.5 Å². The quantitative estimate of drug-likeness (QED) is 0.0309. The van der Waals surface area contributed by atoms with Crippen LogP contribution in [0.1, 0.15) is 45.0 Å². The van der Waals surface area contributed by atoms with Crippen LogP contribution in [0, 0.1) is 10.1 Å². The molecule has 6 rings (SSSR count). The van der Waals surface area contributed by atoms with Gasteiger partial charge < -0.3 is 48.0 Å². The number of hydrogen-bond acceptors (Lipinski definition) is 13. The van der Waals surface area contributed by atoms with Crippen molar-refractivity contribution >= 4 is 16.7 Å². The number of nitrogens with one attached hydrogen (secondary N) is 1. The van der Waals surface area contributed by atoms with Gasteiger partial charge in [0.25, 0.3) is 5.09 Å². The third kappa shape index (κ3) is 12.4. The van der Waals surface area contributed by atoms with Crippen molar-refractivity contribution in [3.8, 4) is 17.2 Å². The van der Waals surface area contributed by atoms with E-state index in [0.29, 0.717) is 51.5 Å². The number of piperidine rings is 1. The molecule has 0 aliphatic carbocycles. The van der Waals surface area contributed by atoms with E-state index in [1.54, 1.807) is 32.4 Å². The van der Waals surface area contributed by atoms with E-state index in [2.05, 4.69) is 22.3 Å². The zero-order chi connectivity index (χ0) is 42.1. The Hall–Kier alpha value is -5.77. The Kier molecular flexibility index (Phi) is 16.5. The summed E-state index contributed by atoms with van der Waals surface area (Å²) >= 11 is 0. The van der Waals surface area contributed by atoms with E-state index in [1.807, 2.05) is 72.8 Å². The zero-order valence-corrected chi connectivity index (χ0v) is 34.1. The van der Waals surface area contributed by atoms with Crippen molar-refractivity contribution in [1.29, 1.82) is 0 Å². The van der Waals surface area contributed by atoms with Gasteiger partial charge in [-0.25, -0.2) is 4.79 Å². The molecule has 0 spiro atoms. The molecule has 1 saturated heterocycles. The van der Waals surface area contributed by atoms with Crippen LogP contribution >= 0.6 is 0 Å². The van der Waals surface area contributed by atoms with Gasteiger partial charge in [-0.2, -0.15) is 0 Å². The number of carbonyl (C=O) groups excluding carboxylic acids is 1. The first kappa shape index (κ1) is 43.8. The molecular formula is C46H52N2O12. The van der Waals surface area contributed by atoms with Gasteiger partial charge in [0.2, 0.25) is 0 Å². The number of fused-ring (bicyclic) bond motifs is 1. The van der Waals surface area contributed by atoms with Crippen molar-refractivity contribution in [2.75, 3.05) is 60.8 Å². The second-order valence-corrected chi connectivity index (χ2v) is 14.2. The highest BCUT2D eigenvalue weighted by molar-refractivity contribution is 5.90. The number of carbonyl (C=O) groups is 1. The van der Waals surface area contributed by atoms with E-state index >= 15 is 0 Å². The van der Waals surface area contributed by atoms with Gasteiger partial charge in [-0.1, -0.05) is 66.7 Å². The standard InChI is InChI=1S/C46H52N2O12/c1-52-30-39(60-46(49)36-13-8-10-32(22-36)28-59-48(50)51)31-58-44-26-47-25-43(57-27-33-23-35-11-4-6-14-40(35)42(24-33)54-3)45(44)34-16-18-38(19-17-34)56-21-9-20-55-29-37-12-5-7-15-41(37)53-2/h4-8,10-19,22-24,39,43-45,47H,9,20-21,25-31H2,1-3H3. The maximum Gasteiger partial charge on any atom is 0.338 e. The van der Waals surface area contributed by atoms with Crippen LogP contribution in [-0.4, -0.2) is 90.2 Å². The van der Waals surface area contributed by atoms with E-state index in [4.69, 9.17) is 37.9 Å². The van der Waals surface area contributed by atoms with Crippen LogP contribution in [0.25, 0.3) is 10.8 Å². The SMILES string of the molecule is COCC(COC1CNCC(OCc2cc(OC)c3ccccc3c2)C1c1ccc(OCCCOCc2ccccc2OC)cc1)OC(=O)c1cccc(CO[N+](=O)[O-])c1. The molecule has 0 radical (unpaired) electrons. The van der Waals surface area contributed by atoms with Crippen LogP contribution in [0.3, 0.4) is 0 Å². The molecule has 5 aromatic rings. The lowest BCUT2D eigenvalue weighted by Crippen LogP contribution is -2.51. The lowest BCUT2D eigenvalue weighted by molar-refractivity contribution is -0.763. The number of esters is 1. The fourth-order valence-electron chi connectivity index (χ4n) is 7.22. The smallest absolute Gasteiger partial charge is 0.338 e.